The Morgan fingerprint density at radius 3 is 2.54 bits per heavy atom. The number of fused-ring (bicyclic) bond motifs is 1. The first-order valence-electron chi connectivity index (χ1n) is 8.70. The molecule has 2 aromatic heterocycles. The number of pyridine rings is 1. The van der Waals surface area contributed by atoms with Gasteiger partial charge >= 0.3 is 0 Å². The Kier molecular flexibility index (Phi) is 4.45. The highest BCUT2D eigenvalue weighted by molar-refractivity contribution is 5.98. The molecular formula is C22H19N3O3. The maximum atomic E-state index is 11.5. The Morgan fingerprint density at radius 2 is 1.79 bits per heavy atom. The molecule has 0 saturated carbocycles. The molecule has 3 N–H and O–H groups in total. The normalized spacial score (nSPS) is 10.8. The number of amides is 1. The topological polar surface area (TPSA) is 90.2 Å². The van der Waals surface area contributed by atoms with Gasteiger partial charge in [-0.25, -0.2) is 4.98 Å². The van der Waals surface area contributed by atoms with Gasteiger partial charge in [0, 0.05) is 34.5 Å². The fourth-order valence-corrected chi connectivity index (χ4v) is 3.26. The summed E-state index contributed by atoms with van der Waals surface area (Å²) in [4.78, 5) is 19.2. The smallest absolute Gasteiger partial charge is 0.248 e. The van der Waals surface area contributed by atoms with Crippen LogP contribution in [0, 0.1) is 0 Å². The summed E-state index contributed by atoms with van der Waals surface area (Å²) >= 11 is 0. The molecule has 0 aliphatic rings. The lowest BCUT2D eigenvalue weighted by molar-refractivity contribution is 0.100. The molecule has 0 saturated heterocycles. The van der Waals surface area contributed by atoms with Crippen LogP contribution in [0.3, 0.4) is 0 Å². The van der Waals surface area contributed by atoms with Crippen molar-refractivity contribution in [1.82, 2.24) is 9.97 Å². The number of nitrogens with one attached hydrogen (secondary N) is 1. The maximum absolute atomic E-state index is 11.5. The summed E-state index contributed by atoms with van der Waals surface area (Å²) in [5.41, 5.74) is 10.4. The van der Waals surface area contributed by atoms with Gasteiger partial charge in [0.05, 0.1) is 14.2 Å². The number of ether oxygens (including phenoxy) is 2. The molecule has 0 unspecified atom stereocenters. The van der Waals surface area contributed by atoms with E-state index in [4.69, 9.17) is 15.2 Å². The van der Waals surface area contributed by atoms with Crippen molar-refractivity contribution in [2.24, 2.45) is 5.73 Å². The molecule has 2 heterocycles. The van der Waals surface area contributed by atoms with Crippen molar-refractivity contribution < 1.29 is 14.3 Å². The zero-order chi connectivity index (χ0) is 19.7. The Hall–Kier alpha value is -3.80. The van der Waals surface area contributed by atoms with Crippen LogP contribution in [0.5, 0.6) is 11.5 Å². The van der Waals surface area contributed by atoms with Crippen molar-refractivity contribution in [2.75, 3.05) is 14.2 Å². The number of benzene rings is 2. The van der Waals surface area contributed by atoms with E-state index in [1.807, 2.05) is 42.7 Å². The first-order chi connectivity index (χ1) is 13.6. The number of hydrogen-bond acceptors (Lipinski definition) is 4. The highest BCUT2D eigenvalue weighted by Gasteiger charge is 2.12. The summed E-state index contributed by atoms with van der Waals surface area (Å²) in [5, 5.41) is 0.953. The van der Waals surface area contributed by atoms with Gasteiger partial charge in [0.2, 0.25) is 5.91 Å². The zero-order valence-electron chi connectivity index (χ0n) is 15.5. The van der Waals surface area contributed by atoms with Crippen LogP contribution >= 0.6 is 0 Å². The summed E-state index contributed by atoms with van der Waals surface area (Å²) in [6.07, 6.45) is 3.69. The maximum Gasteiger partial charge on any atom is 0.248 e. The molecule has 28 heavy (non-hydrogen) atoms. The van der Waals surface area contributed by atoms with Crippen molar-refractivity contribution in [1.29, 1.82) is 0 Å². The van der Waals surface area contributed by atoms with E-state index in [1.165, 1.54) is 0 Å². The highest BCUT2D eigenvalue weighted by Crippen LogP contribution is 2.35. The van der Waals surface area contributed by atoms with Crippen LogP contribution < -0.4 is 15.2 Å². The number of aromatic nitrogens is 2. The Balaban J connectivity index is 1.83. The molecule has 4 aromatic rings. The van der Waals surface area contributed by atoms with Crippen LogP contribution in [0.4, 0.5) is 0 Å². The second-order valence-corrected chi connectivity index (χ2v) is 6.34. The Labute approximate surface area is 161 Å². The number of hydrogen-bond donors (Lipinski definition) is 2. The molecule has 0 atom stereocenters. The number of H-pyrrole nitrogens is 1. The van der Waals surface area contributed by atoms with Crippen molar-refractivity contribution >= 4 is 16.9 Å². The molecule has 2 aromatic carbocycles. The van der Waals surface area contributed by atoms with Gasteiger partial charge in [-0.2, -0.15) is 0 Å². The third-order valence-corrected chi connectivity index (χ3v) is 4.71. The van der Waals surface area contributed by atoms with Crippen molar-refractivity contribution in [2.45, 2.75) is 0 Å². The predicted molar refractivity (Wildman–Crippen MR) is 109 cm³/mol. The molecule has 6 heteroatoms. The summed E-state index contributed by atoms with van der Waals surface area (Å²) in [6.45, 7) is 0. The molecule has 1 amide bonds. The van der Waals surface area contributed by atoms with Crippen LogP contribution in [0.25, 0.3) is 33.3 Å². The number of carbonyl (C=O) groups is 1. The second kappa shape index (κ2) is 7.08. The van der Waals surface area contributed by atoms with Crippen molar-refractivity contribution in [3.05, 3.63) is 66.5 Å². The van der Waals surface area contributed by atoms with Gasteiger partial charge in [0.25, 0.3) is 0 Å². The van der Waals surface area contributed by atoms with E-state index >= 15 is 0 Å². The van der Waals surface area contributed by atoms with Gasteiger partial charge in [-0.15, -0.1) is 0 Å². The van der Waals surface area contributed by atoms with Crippen LogP contribution in [0.2, 0.25) is 0 Å². The minimum absolute atomic E-state index is 0.453. The molecule has 0 bridgehead atoms. The number of carbonyl (C=O) groups excluding carboxylic acids is 1. The minimum Gasteiger partial charge on any atom is -0.493 e. The molecule has 0 aliphatic heterocycles. The molecule has 0 radical (unpaired) electrons. The van der Waals surface area contributed by atoms with E-state index < -0.39 is 5.91 Å². The van der Waals surface area contributed by atoms with Gasteiger partial charge in [0.1, 0.15) is 5.65 Å². The fraction of sp³-hybridized carbons (Fsp3) is 0.0909. The van der Waals surface area contributed by atoms with E-state index in [1.54, 1.807) is 26.4 Å². The second-order valence-electron chi connectivity index (χ2n) is 6.34. The van der Waals surface area contributed by atoms with E-state index in [-0.39, 0.29) is 0 Å². The lowest BCUT2D eigenvalue weighted by atomic mass is 10.0. The number of nitrogens with two attached hydrogens (primary N) is 1. The van der Waals surface area contributed by atoms with Crippen molar-refractivity contribution in [3.63, 3.8) is 0 Å². The van der Waals surface area contributed by atoms with Gasteiger partial charge in [-0.05, 0) is 41.5 Å². The number of nitrogens with zero attached hydrogens (tertiary/aromatic N) is 1. The largest absolute Gasteiger partial charge is 0.493 e. The predicted octanol–water partition coefficient (Wildman–Crippen LogP) is 4.01. The lowest BCUT2D eigenvalue weighted by Crippen LogP contribution is -2.10. The Bertz CT molecular complexity index is 1180. The third kappa shape index (κ3) is 3.05. The zero-order valence-corrected chi connectivity index (χ0v) is 15.5. The van der Waals surface area contributed by atoms with E-state index in [2.05, 4.69) is 16.0 Å². The Morgan fingerprint density at radius 1 is 0.964 bits per heavy atom. The molecule has 6 nitrogen and oxygen atoms in total. The van der Waals surface area contributed by atoms with E-state index in [0.29, 0.717) is 17.1 Å². The molecule has 0 spiro atoms. The minimum atomic E-state index is -0.453. The first kappa shape index (κ1) is 17.6. The van der Waals surface area contributed by atoms with Crippen LogP contribution in [-0.2, 0) is 0 Å². The average Bonchev–Trinajstić information content (AvgIpc) is 3.16. The van der Waals surface area contributed by atoms with Crippen molar-refractivity contribution in [3.8, 4) is 33.8 Å². The van der Waals surface area contributed by atoms with Gasteiger partial charge in [0.15, 0.2) is 11.5 Å². The van der Waals surface area contributed by atoms with E-state index in [9.17, 15) is 4.79 Å². The van der Waals surface area contributed by atoms with Gasteiger partial charge in [-0.1, -0.05) is 18.2 Å². The number of primary amides is 1. The van der Waals surface area contributed by atoms with Crippen LogP contribution in [0.15, 0.2) is 60.9 Å². The number of aromatic amines is 1. The van der Waals surface area contributed by atoms with Gasteiger partial charge in [-0.3, -0.25) is 4.79 Å². The first-order valence-corrected chi connectivity index (χ1v) is 8.70. The molecule has 0 aliphatic carbocycles. The number of methoxy groups -OCH3 is 2. The summed E-state index contributed by atoms with van der Waals surface area (Å²) < 4.78 is 10.7. The van der Waals surface area contributed by atoms with E-state index in [0.717, 1.165) is 33.3 Å². The summed E-state index contributed by atoms with van der Waals surface area (Å²) in [7, 11) is 3.22. The monoisotopic (exact) mass is 373 g/mol. The fourth-order valence-electron chi connectivity index (χ4n) is 3.26. The average molecular weight is 373 g/mol. The summed E-state index contributed by atoms with van der Waals surface area (Å²) in [6, 6.07) is 15.1. The SMILES string of the molecule is COc1ccc(-c2cnc3[nH]cc(-c4cccc(C(N)=O)c4)c3c2)cc1OC. The molecular weight excluding hydrogens is 354 g/mol. The molecule has 4 rings (SSSR count). The highest BCUT2D eigenvalue weighted by atomic mass is 16.5. The lowest BCUT2D eigenvalue weighted by Gasteiger charge is -2.10. The molecule has 0 fully saturated rings. The standard InChI is InChI=1S/C22H19N3O3/c1-27-19-7-6-13(10-20(19)28-2)16-9-17-18(12-25-22(17)24-11-16)14-4-3-5-15(8-14)21(23)26/h3-12H,1-2H3,(H2,23,26)(H,24,25). The van der Waals surface area contributed by atoms with Crippen LogP contribution in [0.1, 0.15) is 10.4 Å². The number of rotatable bonds is 5. The third-order valence-electron chi connectivity index (χ3n) is 4.71. The molecule has 140 valence electrons. The van der Waals surface area contributed by atoms with Crippen LogP contribution in [-0.4, -0.2) is 30.1 Å². The summed E-state index contributed by atoms with van der Waals surface area (Å²) in [5.74, 6) is 0.875. The van der Waals surface area contributed by atoms with Gasteiger partial charge < -0.3 is 20.2 Å². The quantitative estimate of drug-likeness (QED) is 0.553.